The number of ether oxygens (including phenoxy) is 1. The number of aliphatic hydroxyl groups is 3. The van der Waals surface area contributed by atoms with Crippen molar-refractivity contribution in [3.05, 3.63) is 12.7 Å². The molecule has 9 heteroatoms. The third-order valence-electron chi connectivity index (χ3n) is 3.32. The van der Waals surface area contributed by atoms with Gasteiger partial charge in [-0.15, -0.1) is 11.8 Å². The highest BCUT2D eigenvalue weighted by Gasteiger charge is 2.44. The summed E-state index contributed by atoms with van der Waals surface area (Å²) in [6.45, 7) is -0.368. The van der Waals surface area contributed by atoms with Crippen molar-refractivity contribution in [2.45, 2.75) is 29.6 Å². The highest BCUT2D eigenvalue weighted by atomic mass is 32.2. The molecule has 4 unspecified atom stereocenters. The van der Waals surface area contributed by atoms with Gasteiger partial charge < -0.3 is 20.1 Å². The maximum absolute atomic E-state index is 10.1. The number of aromatic nitrogens is 4. The minimum absolute atomic E-state index is 0.368. The van der Waals surface area contributed by atoms with Gasteiger partial charge in [0.1, 0.15) is 35.2 Å². The molecule has 108 valence electrons. The Kier molecular flexibility index (Phi) is 3.61. The standard InChI is InChI=1S/C11H14N4O4S/c1-20-10-6-9(12-3-13-10)14-4-15(6)11-8(18)7(17)5(2-16)19-11/h3-5,7-8,11,16-18H,2H2,1H3. The third kappa shape index (κ3) is 1.98. The lowest BCUT2D eigenvalue weighted by molar-refractivity contribution is -0.0510. The molecule has 2 aromatic heterocycles. The normalized spacial score (nSPS) is 30.2. The van der Waals surface area contributed by atoms with E-state index in [9.17, 15) is 10.2 Å². The molecule has 1 saturated heterocycles. The third-order valence-corrected chi connectivity index (χ3v) is 4.00. The van der Waals surface area contributed by atoms with E-state index in [2.05, 4.69) is 15.0 Å². The lowest BCUT2D eigenvalue weighted by atomic mass is 10.1. The Hall–Kier alpha value is -1.26. The number of hydrogen-bond donors (Lipinski definition) is 3. The van der Waals surface area contributed by atoms with Crippen LogP contribution < -0.4 is 0 Å². The summed E-state index contributed by atoms with van der Waals surface area (Å²) >= 11 is 1.42. The first-order valence-electron chi connectivity index (χ1n) is 6.01. The fourth-order valence-electron chi connectivity index (χ4n) is 2.30. The minimum atomic E-state index is -1.15. The first-order chi connectivity index (χ1) is 9.67. The Morgan fingerprint density at radius 3 is 2.75 bits per heavy atom. The van der Waals surface area contributed by atoms with Crippen LogP contribution in [0.25, 0.3) is 11.2 Å². The molecule has 0 aliphatic carbocycles. The topological polar surface area (TPSA) is 114 Å². The highest BCUT2D eigenvalue weighted by molar-refractivity contribution is 7.98. The molecule has 3 heterocycles. The molecule has 0 amide bonds. The van der Waals surface area contributed by atoms with E-state index in [0.29, 0.717) is 16.2 Å². The van der Waals surface area contributed by atoms with Crippen LogP contribution in [0.15, 0.2) is 17.7 Å². The zero-order chi connectivity index (χ0) is 14.3. The van der Waals surface area contributed by atoms with Gasteiger partial charge in [-0.2, -0.15) is 0 Å². The van der Waals surface area contributed by atoms with Crippen molar-refractivity contribution in [2.75, 3.05) is 12.9 Å². The first-order valence-corrected chi connectivity index (χ1v) is 7.23. The van der Waals surface area contributed by atoms with Crippen molar-refractivity contribution >= 4 is 22.9 Å². The molecule has 4 atom stereocenters. The zero-order valence-electron chi connectivity index (χ0n) is 10.6. The van der Waals surface area contributed by atoms with Crippen LogP contribution in [-0.2, 0) is 4.74 Å². The van der Waals surface area contributed by atoms with Crippen LogP contribution >= 0.6 is 11.8 Å². The fraction of sp³-hybridized carbons (Fsp3) is 0.545. The van der Waals surface area contributed by atoms with Gasteiger partial charge in [-0.1, -0.05) is 0 Å². The minimum Gasteiger partial charge on any atom is -0.394 e. The summed E-state index contributed by atoms with van der Waals surface area (Å²) in [4.78, 5) is 12.4. The lowest BCUT2D eigenvalue weighted by Crippen LogP contribution is -2.33. The van der Waals surface area contributed by atoms with E-state index in [1.165, 1.54) is 24.4 Å². The van der Waals surface area contributed by atoms with Crippen LogP contribution in [-0.4, -0.2) is 66.0 Å². The van der Waals surface area contributed by atoms with Crippen molar-refractivity contribution in [3.63, 3.8) is 0 Å². The maximum atomic E-state index is 10.1. The van der Waals surface area contributed by atoms with Gasteiger partial charge in [0.2, 0.25) is 0 Å². The summed E-state index contributed by atoms with van der Waals surface area (Å²) in [5.74, 6) is 0. The Balaban J connectivity index is 2.07. The smallest absolute Gasteiger partial charge is 0.182 e. The van der Waals surface area contributed by atoms with Gasteiger partial charge in [0.25, 0.3) is 0 Å². The molecule has 0 bridgehead atoms. The van der Waals surface area contributed by atoms with Crippen molar-refractivity contribution < 1.29 is 20.1 Å². The molecule has 1 aliphatic heterocycles. The molecular weight excluding hydrogens is 284 g/mol. The lowest BCUT2D eigenvalue weighted by Gasteiger charge is -2.17. The molecule has 0 spiro atoms. The number of thioether (sulfide) groups is 1. The van der Waals surface area contributed by atoms with Gasteiger partial charge in [-0.05, 0) is 6.26 Å². The monoisotopic (exact) mass is 298 g/mol. The molecule has 0 radical (unpaired) electrons. The molecule has 0 aromatic carbocycles. The van der Waals surface area contributed by atoms with E-state index in [4.69, 9.17) is 9.84 Å². The number of hydrogen-bond acceptors (Lipinski definition) is 8. The molecular formula is C11H14N4O4S. The van der Waals surface area contributed by atoms with Crippen molar-refractivity contribution in [1.82, 2.24) is 19.5 Å². The van der Waals surface area contributed by atoms with Crippen molar-refractivity contribution in [2.24, 2.45) is 0 Å². The Morgan fingerprint density at radius 1 is 1.30 bits per heavy atom. The van der Waals surface area contributed by atoms with Crippen LogP contribution in [0.4, 0.5) is 0 Å². The molecule has 20 heavy (non-hydrogen) atoms. The summed E-state index contributed by atoms with van der Waals surface area (Å²) in [6.07, 6.45) is 0.821. The SMILES string of the molecule is CSc1ncnc2ncn(C3OC(CO)C(O)C3O)c12. The average Bonchev–Trinajstić information content (AvgIpc) is 3.01. The van der Waals surface area contributed by atoms with E-state index in [1.54, 1.807) is 4.57 Å². The molecule has 1 fully saturated rings. The predicted molar refractivity (Wildman–Crippen MR) is 70.1 cm³/mol. The van der Waals surface area contributed by atoms with E-state index in [0.717, 1.165) is 0 Å². The quantitative estimate of drug-likeness (QED) is 0.496. The Labute approximate surface area is 118 Å². The van der Waals surface area contributed by atoms with Crippen LogP contribution in [0, 0.1) is 0 Å². The van der Waals surface area contributed by atoms with Gasteiger partial charge >= 0.3 is 0 Å². The molecule has 8 nitrogen and oxygen atoms in total. The second-order valence-corrected chi connectivity index (χ2v) is 5.23. The summed E-state index contributed by atoms with van der Waals surface area (Å²) in [7, 11) is 0. The Bertz CT molecular complexity index is 621. The van der Waals surface area contributed by atoms with Crippen LogP contribution in [0.2, 0.25) is 0 Å². The van der Waals surface area contributed by atoms with Gasteiger partial charge in [-0.25, -0.2) is 15.0 Å². The second-order valence-electron chi connectivity index (χ2n) is 4.44. The van der Waals surface area contributed by atoms with E-state index in [-0.39, 0.29) is 6.61 Å². The molecule has 1 aliphatic rings. The van der Waals surface area contributed by atoms with Gasteiger partial charge in [0.05, 0.1) is 12.9 Å². The van der Waals surface area contributed by atoms with Gasteiger partial charge in [0.15, 0.2) is 11.9 Å². The summed E-state index contributed by atoms with van der Waals surface area (Å²) in [5.41, 5.74) is 1.12. The molecule has 2 aromatic rings. The van der Waals surface area contributed by atoms with Gasteiger partial charge in [-0.3, -0.25) is 4.57 Å². The zero-order valence-corrected chi connectivity index (χ0v) is 11.4. The molecule has 0 saturated carbocycles. The maximum Gasteiger partial charge on any atom is 0.182 e. The van der Waals surface area contributed by atoms with Crippen LogP contribution in [0.1, 0.15) is 6.23 Å². The predicted octanol–water partition coefficient (Wildman–Crippen LogP) is -0.840. The number of imidazole rings is 1. The van der Waals surface area contributed by atoms with Crippen molar-refractivity contribution in [1.29, 1.82) is 0 Å². The summed E-state index contributed by atoms with van der Waals surface area (Å²) in [6, 6.07) is 0. The first kappa shape index (κ1) is 13.7. The van der Waals surface area contributed by atoms with Crippen LogP contribution in [0.5, 0.6) is 0 Å². The highest BCUT2D eigenvalue weighted by Crippen LogP contribution is 2.33. The van der Waals surface area contributed by atoms with Crippen LogP contribution in [0.3, 0.4) is 0 Å². The second kappa shape index (κ2) is 5.26. The van der Waals surface area contributed by atoms with E-state index >= 15 is 0 Å². The molecule has 3 rings (SSSR count). The van der Waals surface area contributed by atoms with E-state index < -0.39 is 24.5 Å². The van der Waals surface area contributed by atoms with Crippen molar-refractivity contribution in [3.8, 4) is 0 Å². The number of rotatable bonds is 3. The number of fused-ring (bicyclic) bond motifs is 1. The van der Waals surface area contributed by atoms with E-state index in [1.807, 2.05) is 6.26 Å². The summed E-state index contributed by atoms with van der Waals surface area (Å²) < 4.78 is 7.08. The number of nitrogens with zero attached hydrogens (tertiary/aromatic N) is 4. The van der Waals surface area contributed by atoms with Gasteiger partial charge in [0, 0.05) is 0 Å². The largest absolute Gasteiger partial charge is 0.394 e. The fourth-order valence-corrected chi connectivity index (χ4v) is 2.84. The molecule has 3 N–H and O–H groups in total. The average molecular weight is 298 g/mol. The summed E-state index contributed by atoms with van der Waals surface area (Å²) in [5, 5.41) is 29.7. The Morgan fingerprint density at radius 2 is 2.10 bits per heavy atom. The number of aliphatic hydroxyl groups excluding tert-OH is 3.